The Kier molecular flexibility index (Phi) is 9.54. The number of benzene rings is 3. The molecular formula is C31H35Cl2N3O3. The fourth-order valence-electron chi connectivity index (χ4n) is 5.84. The van der Waals surface area contributed by atoms with Gasteiger partial charge in [-0.3, -0.25) is 4.79 Å². The van der Waals surface area contributed by atoms with Crippen LogP contribution in [0, 0.1) is 0 Å². The lowest BCUT2D eigenvalue weighted by molar-refractivity contribution is -0.142. The smallest absolute Gasteiger partial charge is 0.405 e. The molecule has 6 nitrogen and oxygen atoms in total. The number of nitrogens with zero attached hydrogens (tertiary/aromatic N) is 2. The lowest BCUT2D eigenvalue weighted by Gasteiger charge is -2.51. The van der Waals surface area contributed by atoms with Gasteiger partial charge in [-0.1, -0.05) is 89.9 Å². The maximum atomic E-state index is 13.3. The summed E-state index contributed by atoms with van der Waals surface area (Å²) in [5, 5.41) is 0.834. The van der Waals surface area contributed by atoms with Gasteiger partial charge in [0.15, 0.2) is 0 Å². The van der Waals surface area contributed by atoms with Crippen LogP contribution in [0.3, 0.4) is 0 Å². The summed E-state index contributed by atoms with van der Waals surface area (Å²) in [5.74, 6) is 0.0539. The van der Waals surface area contributed by atoms with E-state index in [9.17, 15) is 9.59 Å². The molecule has 4 rings (SSSR count). The van der Waals surface area contributed by atoms with E-state index in [1.54, 1.807) is 25.1 Å². The molecule has 0 saturated carbocycles. The number of rotatable bonds is 9. The van der Waals surface area contributed by atoms with Gasteiger partial charge >= 0.3 is 6.09 Å². The van der Waals surface area contributed by atoms with Crippen LogP contribution in [0.1, 0.15) is 61.9 Å². The highest BCUT2D eigenvalue weighted by Gasteiger charge is 2.45. The number of nitrogens with two attached hydrogens (primary N) is 1. The van der Waals surface area contributed by atoms with Crippen molar-refractivity contribution in [3.63, 3.8) is 0 Å². The van der Waals surface area contributed by atoms with Crippen molar-refractivity contribution in [2.24, 2.45) is 5.73 Å². The van der Waals surface area contributed by atoms with E-state index in [4.69, 9.17) is 33.7 Å². The molecule has 2 amide bonds. The van der Waals surface area contributed by atoms with E-state index < -0.39 is 17.7 Å². The summed E-state index contributed by atoms with van der Waals surface area (Å²) in [7, 11) is 0. The Morgan fingerprint density at radius 3 is 2.13 bits per heavy atom. The van der Waals surface area contributed by atoms with Gasteiger partial charge in [-0.25, -0.2) is 4.79 Å². The lowest BCUT2D eigenvalue weighted by atomic mass is 9.77. The Bertz CT molecular complexity index is 1260. The van der Waals surface area contributed by atoms with E-state index in [0.717, 1.165) is 42.6 Å². The fraction of sp³-hybridized carbons (Fsp3) is 0.355. The molecule has 0 bridgehead atoms. The molecule has 2 atom stereocenters. The topological polar surface area (TPSA) is 75.9 Å². The second-order valence-electron chi connectivity index (χ2n) is 10.1. The first-order chi connectivity index (χ1) is 18.7. The van der Waals surface area contributed by atoms with Crippen molar-refractivity contribution in [2.75, 3.05) is 19.6 Å². The molecular weight excluding hydrogens is 533 g/mol. The van der Waals surface area contributed by atoms with Gasteiger partial charge in [-0.15, -0.1) is 0 Å². The molecule has 2 N–H and O–H groups in total. The molecule has 206 valence electrons. The number of carbonyl (C=O) groups excluding carboxylic acids is 2. The average Bonchev–Trinajstić information content (AvgIpc) is 2.94. The number of halogens is 2. The summed E-state index contributed by atoms with van der Waals surface area (Å²) in [6.07, 6.45) is 0.740. The molecule has 3 aromatic carbocycles. The van der Waals surface area contributed by atoms with E-state index >= 15 is 0 Å². The molecule has 1 aliphatic rings. The second kappa shape index (κ2) is 12.9. The summed E-state index contributed by atoms with van der Waals surface area (Å²) in [6, 6.07) is 25.6. The summed E-state index contributed by atoms with van der Waals surface area (Å²) < 4.78 is 5.44. The minimum atomic E-state index is -0.834. The molecule has 1 aliphatic heterocycles. The van der Waals surface area contributed by atoms with Gasteiger partial charge in [0.2, 0.25) is 5.91 Å². The number of amides is 2. The van der Waals surface area contributed by atoms with Crippen LogP contribution in [-0.2, 0) is 15.1 Å². The first-order valence-electron chi connectivity index (χ1n) is 13.2. The molecule has 0 aromatic heterocycles. The van der Waals surface area contributed by atoms with Crippen molar-refractivity contribution < 1.29 is 14.3 Å². The zero-order valence-corrected chi connectivity index (χ0v) is 23.9. The highest BCUT2D eigenvalue weighted by molar-refractivity contribution is 6.42. The SMILES string of the molecule is CC(=O)N([C@@H](C)c1ccccc1)C1(c2ccccc2)CCN(CCC(OC(N)=O)c2ccc(Cl)c(Cl)c2)CC1. The van der Waals surface area contributed by atoms with E-state index in [1.165, 1.54) is 0 Å². The Hall–Kier alpha value is -3.06. The van der Waals surface area contributed by atoms with Gasteiger partial charge in [0.1, 0.15) is 6.10 Å². The maximum absolute atomic E-state index is 13.3. The lowest BCUT2D eigenvalue weighted by Crippen LogP contribution is -2.55. The number of primary amides is 1. The van der Waals surface area contributed by atoms with Gasteiger partial charge in [-0.05, 0) is 48.6 Å². The minimum Gasteiger partial charge on any atom is -0.441 e. The molecule has 3 aromatic rings. The summed E-state index contributed by atoms with van der Waals surface area (Å²) in [4.78, 5) is 29.3. The average molecular weight is 569 g/mol. The van der Waals surface area contributed by atoms with Crippen LogP contribution in [0.15, 0.2) is 78.9 Å². The molecule has 0 spiro atoms. The van der Waals surface area contributed by atoms with Gasteiger partial charge in [-0.2, -0.15) is 0 Å². The van der Waals surface area contributed by atoms with E-state index in [-0.39, 0.29) is 11.9 Å². The molecule has 0 radical (unpaired) electrons. The third kappa shape index (κ3) is 6.75. The van der Waals surface area contributed by atoms with Crippen LogP contribution in [-0.4, -0.2) is 41.4 Å². The van der Waals surface area contributed by atoms with Crippen molar-refractivity contribution in [1.29, 1.82) is 0 Å². The Morgan fingerprint density at radius 1 is 0.949 bits per heavy atom. The second-order valence-corrected chi connectivity index (χ2v) is 10.9. The number of hydrogen-bond donors (Lipinski definition) is 1. The first-order valence-corrected chi connectivity index (χ1v) is 14.0. The predicted molar refractivity (Wildman–Crippen MR) is 156 cm³/mol. The standard InChI is InChI=1S/C31H35Cl2N3O3/c1-22(24-9-5-3-6-10-24)36(23(2)37)31(26-11-7-4-8-12-26)16-19-35(20-17-31)18-15-29(39-30(34)38)25-13-14-27(32)28(33)21-25/h3-14,21-22,29H,15-20H2,1-2H3,(H2,34,38)/t22-,29?/m0/s1. The third-order valence-electron chi connectivity index (χ3n) is 7.75. The predicted octanol–water partition coefficient (Wildman–Crippen LogP) is 7.12. The van der Waals surface area contributed by atoms with Crippen LogP contribution in [0.2, 0.25) is 10.0 Å². The molecule has 1 heterocycles. The van der Waals surface area contributed by atoms with Gasteiger partial charge < -0.3 is 20.3 Å². The Balaban J connectivity index is 1.54. The first kappa shape index (κ1) is 28.9. The Labute approximate surface area is 240 Å². The van der Waals surface area contributed by atoms with Crippen LogP contribution >= 0.6 is 23.2 Å². The molecule has 1 unspecified atom stereocenters. The third-order valence-corrected chi connectivity index (χ3v) is 8.48. The zero-order chi connectivity index (χ0) is 28.0. The molecule has 0 aliphatic carbocycles. The summed E-state index contributed by atoms with van der Waals surface area (Å²) in [5.41, 5.74) is 7.94. The largest absolute Gasteiger partial charge is 0.441 e. The van der Waals surface area contributed by atoms with E-state index in [1.807, 2.05) is 36.4 Å². The van der Waals surface area contributed by atoms with Crippen molar-refractivity contribution in [1.82, 2.24) is 9.80 Å². The molecule has 39 heavy (non-hydrogen) atoms. The molecule has 1 saturated heterocycles. The maximum Gasteiger partial charge on any atom is 0.405 e. The van der Waals surface area contributed by atoms with Crippen molar-refractivity contribution in [3.05, 3.63) is 106 Å². The highest BCUT2D eigenvalue weighted by Crippen LogP contribution is 2.44. The van der Waals surface area contributed by atoms with E-state index in [0.29, 0.717) is 23.0 Å². The van der Waals surface area contributed by atoms with Crippen LogP contribution in [0.5, 0.6) is 0 Å². The highest BCUT2D eigenvalue weighted by atomic mass is 35.5. The number of carbonyl (C=O) groups is 2. The van der Waals surface area contributed by atoms with Gasteiger partial charge in [0.05, 0.1) is 21.6 Å². The van der Waals surface area contributed by atoms with Crippen LogP contribution in [0.4, 0.5) is 4.79 Å². The summed E-state index contributed by atoms with van der Waals surface area (Å²) >= 11 is 12.3. The van der Waals surface area contributed by atoms with Crippen LogP contribution in [0.25, 0.3) is 0 Å². The van der Waals surface area contributed by atoms with Gasteiger partial charge in [0.25, 0.3) is 0 Å². The fourth-order valence-corrected chi connectivity index (χ4v) is 6.14. The number of likely N-dealkylation sites (tertiary alicyclic amines) is 1. The zero-order valence-electron chi connectivity index (χ0n) is 22.4. The van der Waals surface area contributed by atoms with Crippen molar-refractivity contribution in [3.8, 4) is 0 Å². The van der Waals surface area contributed by atoms with Crippen molar-refractivity contribution >= 4 is 35.2 Å². The number of hydrogen-bond acceptors (Lipinski definition) is 4. The minimum absolute atomic E-state index is 0.0539. The normalized spacial score (nSPS) is 16.7. The Morgan fingerprint density at radius 2 is 1.56 bits per heavy atom. The van der Waals surface area contributed by atoms with E-state index in [2.05, 4.69) is 41.0 Å². The van der Waals surface area contributed by atoms with Gasteiger partial charge in [0, 0.05) is 33.0 Å². The van der Waals surface area contributed by atoms with Crippen molar-refractivity contribution in [2.45, 2.75) is 50.8 Å². The molecule has 1 fully saturated rings. The monoisotopic (exact) mass is 567 g/mol. The summed E-state index contributed by atoms with van der Waals surface area (Å²) in [6.45, 7) is 6.03. The van der Waals surface area contributed by atoms with Crippen LogP contribution < -0.4 is 5.73 Å². The quantitative estimate of drug-likeness (QED) is 0.298. The molecule has 8 heteroatoms. The number of piperidine rings is 1. The number of ether oxygens (including phenoxy) is 1.